The van der Waals surface area contributed by atoms with Crippen molar-refractivity contribution in [2.75, 3.05) is 5.73 Å². The number of nitrogen functional groups attached to an aromatic ring is 1. The van der Waals surface area contributed by atoms with Crippen LogP contribution in [0, 0.1) is 6.92 Å². The summed E-state index contributed by atoms with van der Waals surface area (Å²) in [5.41, 5.74) is 6.09. The Balaban J connectivity index is 3.47. The molecule has 72 valence electrons. The van der Waals surface area contributed by atoms with Crippen molar-refractivity contribution in [1.29, 1.82) is 0 Å². The fourth-order valence-corrected chi connectivity index (χ4v) is 1.63. The molecule has 0 saturated carbocycles. The number of rotatable bonds is 1. The summed E-state index contributed by atoms with van der Waals surface area (Å²) in [7, 11) is -4.73. The predicted molar refractivity (Wildman–Crippen MR) is 48.9 cm³/mol. The minimum atomic E-state index is -4.73. The number of hydrogen-bond donors (Lipinski definition) is 1. The Bertz CT molecular complexity index is 421. The van der Waals surface area contributed by atoms with E-state index in [0.717, 1.165) is 12.1 Å². The fraction of sp³-hybridized carbons (Fsp3) is 0.143. The van der Waals surface area contributed by atoms with Gasteiger partial charge < -0.3 is 5.73 Å². The van der Waals surface area contributed by atoms with Crippen molar-refractivity contribution in [3.8, 4) is 0 Å². The minimum Gasteiger partial charge on any atom is -0.398 e. The maximum absolute atomic E-state index is 12.5. The normalized spacial score (nSPS) is 11.6. The molecule has 6 heteroatoms. The van der Waals surface area contributed by atoms with Gasteiger partial charge in [0.05, 0.1) is 0 Å². The molecule has 0 radical (unpaired) electrons. The van der Waals surface area contributed by atoms with E-state index in [-0.39, 0.29) is 10.7 Å². The van der Waals surface area contributed by atoms with Crippen LogP contribution in [-0.2, 0) is 10.2 Å². The molecule has 0 fully saturated rings. The van der Waals surface area contributed by atoms with Gasteiger partial charge in [0, 0.05) is 10.7 Å². The maximum Gasteiger partial charge on any atom is 0.332 e. The molecule has 0 bridgehead atoms. The summed E-state index contributed by atoms with van der Waals surface area (Å²) in [6, 6.07) is 2.07. The highest BCUT2D eigenvalue weighted by atomic mass is 35.5. The van der Waals surface area contributed by atoms with Gasteiger partial charge in [-0.2, -0.15) is 8.42 Å². The van der Waals surface area contributed by atoms with E-state index >= 15 is 0 Å². The number of nitrogens with two attached hydrogens (primary N) is 1. The largest absolute Gasteiger partial charge is 0.398 e. The first-order valence-corrected chi connectivity index (χ1v) is 5.09. The van der Waals surface area contributed by atoms with Crippen LogP contribution in [0.4, 0.5) is 9.57 Å². The summed E-state index contributed by atoms with van der Waals surface area (Å²) in [6.07, 6.45) is 0. The van der Waals surface area contributed by atoms with E-state index in [0.29, 0.717) is 5.56 Å². The molecule has 0 saturated heterocycles. The Morgan fingerprint density at radius 2 is 2.00 bits per heavy atom. The zero-order valence-corrected chi connectivity index (χ0v) is 8.29. The third kappa shape index (κ3) is 2.10. The van der Waals surface area contributed by atoms with Crippen LogP contribution in [0.25, 0.3) is 0 Å². The standard InChI is InChI=1S/C7H7ClFNO2S/c1-4-6(8)2-5(3-7(4)10)13(9,11)12/h2-3H,10H2,1H3. The van der Waals surface area contributed by atoms with Gasteiger partial charge in [0.1, 0.15) is 4.90 Å². The van der Waals surface area contributed by atoms with Crippen molar-refractivity contribution >= 4 is 27.5 Å². The zero-order valence-electron chi connectivity index (χ0n) is 6.71. The molecule has 0 aliphatic rings. The van der Waals surface area contributed by atoms with Crippen LogP contribution in [0.5, 0.6) is 0 Å². The van der Waals surface area contributed by atoms with E-state index in [2.05, 4.69) is 0 Å². The molecule has 13 heavy (non-hydrogen) atoms. The molecular weight excluding hydrogens is 217 g/mol. The van der Waals surface area contributed by atoms with Gasteiger partial charge in [-0.25, -0.2) is 0 Å². The second-order valence-electron chi connectivity index (χ2n) is 2.56. The van der Waals surface area contributed by atoms with Crippen molar-refractivity contribution in [1.82, 2.24) is 0 Å². The predicted octanol–water partition coefficient (Wildman–Crippen LogP) is 1.89. The monoisotopic (exact) mass is 223 g/mol. The summed E-state index contributed by atoms with van der Waals surface area (Å²) < 4.78 is 33.4. The molecule has 0 amide bonds. The molecule has 3 nitrogen and oxygen atoms in total. The molecular formula is C7H7ClFNO2S. The first-order valence-electron chi connectivity index (χ1n) is 3.32. The van der Waals surface area contributed by atoms with Gasteiger partial charge in [-0.05, 0) is 24.6 Å². The van der Waals surface area contributed by atoms with Gasteiger partial charge in [-0.15, -0.1) is 3.89 Å². The lowest BCUT2D eigenvalue weighted by Gasteiger charge is -2.03. The summed E-state index contributed by atoms with van der Waals surface area (Å²) in [6.45, 7) is 1.62. The zero-order chi connectivity index (χ0) is 10.2. The van der Waals surface area contributed by atoms with Crippen molar-refractivity contribution < 1.29 is 12.3 Å². The van der Waals surface area contributed by atoms with Crippen LogP contribution >= 0.6 is 11.6 Å². The Morgan fingerprint density at radius 3 is 2.38 bits per heavy atom. The third-order valence-corrected chi connectivity index (χ3v) is 2.83. The average Bonchev–Trinajstić information content (AvgIpc) is 1.97. The fourth-order valence-electron chi connectivity index (χ4n) is 0.815. The van der Waals surface area contributed by atoms with E-state index in [1.165, 1.54) is 0 Å². The van der Waals surface area contributed by atoms with Gasteiger partial charge in [0.2, 0.25) is 0 Å². The Morgan fingerprint density at radius 1 is 1.46 bits per heavy atom. The first-order chi connectivity index (χ1) is 5.82. The van der Waals surface area contributed by atoms with Crippen LogP contribution in [-0.4, -0.2) is 8.42 Å². The van der Waals surface area contributed by atoms with Gasteiger partial charge in [0.25, 0.3) is 0 Å². The Hall–Kier alpha value is -0.810. The summed E-state index contributed by atoms with van der Waals surface area (Å²) in [5, 5.41) is 0.135. The van der Waals surface area contributed by atoms with Crippen molar-refractivity contribution in [2.45, 2.75) is 11.8 Å². The molecule has 2 N–H and O–H groups in total. The van der Waals surface area contributed by atoms with Gasteiger partial charge in [-0.1, -0.05) is 11.6 Å². The van der Waals surface area contributed by atoms with Crippen molar-refractivity contribution in [3.05, 3.63) is 22.7 Å². The maximum atomic E-state index is 12.5. The summed E-state index contributed by atoms with van der Waals surface area (Å²) in [5.74, 6) is 0. The van der Waals surface area contributed by atoms with Crippen LogP contribution < -0.4 is 5.73 Å². The SMILES string of the molecule is Cc1c(N)cc(S(=O)(=O)F)cc1Cl. The highest BCUT2D eigenvalue weighted by Crippen LogP contribution is 2.26. The van der Waals surface area contributed by atoms with Gasteiger partial charge in [0.15, 0.2) is 0 Å². The lowest BCUT2D eigenvalue weighted by atomic mass is 10.2. The highest BCUT2D eigenvalue weighted by molar-refractivity contribution is 7.86. The second-order valence-corrected chi connectivity index (χ2v) is 4.31. The second kappa shape index (κ2) is 3.16. The van der Waals surface area contributed by atoms with Gasteiger partial charge in [-0.3, -0.25) is 0 Å². The van der Waals surface area contributed by atoms with E-state index in [1.54, 1.807) is 6.92 Å². The minimum absolute atomic E-state index is 0.135. The number of hydrogen-bond acceptors (Lipinski definition) is 3. The topological polar surface area (TPSA) is 60.2 Å². The van der Waals surface area contributed by atoms with Crippen LogP contribution in [0.3, 0.4) is 0 Å². The third-order valence-electron chi connectivity index (χ3n) is 1.64. The first kappa shape index (κ1) is 10.3. The molecule has 0 heterocycles. The number of benzene rings is 1. The Labute approximate surface area is 80.5 Å². The van der Waals surface area contributed by atoms with Gasteiger partial charge >= 0.3 is 10.2 Å². The molecule has 1 rings (SSSR count). The molecule has 1 aromatic rings. The number of anilines is 1. The molecule has 0 aliphatic carbocycles. The highest BCUT2D eigenvalue weighted by Gasteiger charge is 2.14. The van der Waals surface area contributed by atoms with Crippen LogP contribution in [0.15, 0.2) is 17.0 Å². The molecule has 0 aliphatic heterocycles. The van der Waals surface area contributed by atoms with E-state index in [4.69, 9.17) is 17.3 Å². The Kier molecular flexibility index (Phi) is 2.49. The lowest BCUT2D eigenvalue weighted by Crippen LogP contribution is -1.97. The van der Waals surface area contributed by atoms with Crippen LogP contribution in [0.2, 0.25) is 5.02 Å². The smallest absolute Gasteiger partial charge is 0.332 e. The molecule has 0 atom stereocenters. The molecule has 1 aromatic carbocycles. The summed E-state index contributed by atoms with van der Waals surface area (Å²) >= 11 is 5.61. The number of halogens is 2. The van der Waals surface area contributed by atoms with E-state index in [1.807, 2.05) is 0 Å². The average molecular weight is 224 g/mol. The van der Waals surface area contributed by atoms with Crippen molar-refractivity contribution in [2.24, 2.45) is 0 Å². The quantitative estimate of drug-likeness (QED) is 0.584. The molecule has 0 unspecified atom stereocenters. The van der Waals surface area contributed by atoms with E-state index < -0.39 is 15.1 Å². The van der Waals surface area contributed by atoms with Crippen LogP contribution in [0.1, 0.15) is 5.56 Å². The molecule has 0 aromatic heterocycles. The summed E-state index contributed by atoms with van der Waals surface area (Å²) in [4.78, 5) is -0.513. The lowest BCUT2D eigenvalue weighted by molar-refractivity contribution is 0.552. The molecule has 0 spiro atoms. The van der Waals surface area contributed by atoms with Crippen molar-refractivity contribution in [3.63, 3.8) is 0 Å². The van der Waals surface area contributed by atoms with E-state index in [9.17, 15) is 12.3 Å².